The van der Waals surface area contributed by atoms with E-state index in [1.54, 1.807) is 16.8 Å². The zero-order valence-corrected chi connectivity index (χ0v) is 17.0. The SMILES string of the molecule is COC(=O)c1ccc(C)c(-c2c(C#N)cnn2COCC[Si](C)(C)C)c1. The highest BCUT2D eigenvalue weighted by Gasteiger charge is 2.18. The Balaban J connectivity index is 2.33. The maximum absolute atomic E-state index is 11.9. The van der Waals surface area contributed by atoms with E-state index in [0.29, 0.717) is 23.4 Å². The van der Waals surface area contributed by atoms with Crippen LogP contribution in [-0.2, 0) is 16.2 Å². The van der Waals surface area contributed by atoms with Gasteiger partial charge in [0.05, 0.1) is 30.1 Å². The number of nitriles is 1. The minimum Gasteiger partial charge on any atom is -0.465 e. The zero-order valence-electron chi connectivity index (χ0n) is 16.0. The van der Waals surface area contributed by atoms with Crippen molar-refractivity contribution in [2.45, 2.75) is 39.3 Å². The summed E-state index contributed by atoms with van der Waals surface area (Å²) < 4.78 is 12.3. The molecule has 0 amide bonds. The molecule has 1 aromatic carbocycles. The molecule has 0 aliphatic rings. The normalized spacial score (nSPS) is 11.2. The summed E-state index contributed by atoms with van der Waals surface area (Å²) in [6, 6.07) is 8.52. The minimum absolute atomic E-state index is 0.267. The highest BCUT2D eigenvalue weighted by molar-refractivity contribution is 6.76. The number of esters is 1. The molecule has 0 spiro atoms. The molecule has 2 rings (SSSR count). The Labute approximate surface area is 155 Å². The third-order valence-electron chi connectivity index (χ3n) is 4.08. The summed E-state index contributed by atoms with van der Waals surface area (Å²) in [6.07, 6.45) is 1.53. The van der Waals surface area contributed by atoms with E-state index in [4.69, 9.17) is 9.47 Å². The summed E-state index contributed by atoms with van der Waals surface area (Å²) in [5.74, 6) is -0.415. The van der Waals surface area contributed by atoms with Crippen molar-refractivity contribution >= 4 is 14.0 Å². The number of nitrogens with zero attached hydrogens (tertiary/aromatic N) is 3. The molecule has 0 fully saturated rings. The van der Waals surface area contributed by atoms with Crippen LogP contribution in [0.3, 0.4) is 0 Å². The molecular formula is C19H25N3O3Si. The second-order valence-electron chi connectivity index (χ2n) is 7.39. The van der Waals surface area contributed by atoms with E-state index in [2.05, 4.69) is 30.8 Å². The van der Waals surface area contributed by atoms with Gasteiger partial charge in [0, 0.05) is 20.2 Å². The van der Waals surface area contributed by atoms with E-state index >= 15 is 0 Å². The predicted molar refractivity (Wildman–Crippen MR) is 103 cm³/mol. The Bertz CT molecular complexity index is 832. The molecule has 138 valence electrons. The van der Waals surface area contributed by atoms with Gasteiger partial charge in [-0.2, -0.15) is 10.4 Å². The Morgan fingerprint density at radius 1 is 1.35 bits per heavy atom. The molecular weight excluding hydrogens is 346 g/mol. The second kappa shape index (κ2) is 8.30. The maximum Gasteiger partial charge on any atom is 0.337 e. The summed E-state index contributed by atoms with van der Waals surface area (Å²) in [4.78, 5) is 11.9. The molecule has 1 aromatic heterocycles. The molecule has 0 bridgehead atoms. The van der Waals surface area contributed by atoms with Crippen LogP contribution in [0.4, 0.5) is 0 Å². The topological polar surface area (TPSA) is 77.1 Å². The smallest absolute Gasteiger partial charge is 0.337 e. The molecule has 0 aliphatic heterocycles. The molecule has 0 saturated carbocycles. The van der Waals surface area contributed by atoms with Crippen LogP contribution in [0.5, 0.6) is 0 Å². The van der Waals surface area contributed by atoms with Crippen molar-refractivity contribution in [2.24, 2.45) is 0 Å². The van der Waals surface area contributed by atoms with Gasteiger partial charge in [-0.3, -0.25) is 0 Å². The summed E-state index contributed by atoms with van der Waals surface area (Å²) in [5.41, 5.74) is 3.26. The number of carbonyl (C=O) groups excluding carboxylic acids is 1. The third-order valence-corrected chi connectivity index (χ3v) is 5.79. The fourth-order valence-corrected chi connectivity index (χ4v) is 3.26. The van der Waals surface area contributed by atoms with Crippen molar-refractivity contribution in [3.05, 3.63) is 41.1 Å². The van der Waals surface area contributed by atoms with Gasteiger partial charge in [0.15, 0.2) is 0 Å². The Morgan fingerprint density at radius 2 is 2.08 bits per heavy atom. The summed E-state index contributed by atoms with van der Waals surface area (Å²) in [5, 5.41) is 13.8. The van der Waals surface area contributed by atoms with Crippen molar-refractivity contribution in [1.82, 2.24) is 9.78 Å². The fraction of sp³-hybridized carbons (Fsp3) is 0.421. The number of ether oxygens (including phenoxy) is 2. The number of methoxy groups -OCH3 is 1. The first kappa shape index (κ1) is 19.9. The van der Waals surface area contributed by atoms with E-state index in [9.17, 15) is 10.1 Å². The Kier molecular flexibility index (Phi) is 6.35. The predicted octanol–water partition coefficient (Wildman–Crippen LogP) is 3.83. The van der Waals surface area contributed by atoms with Gasteiger partial charge in [-0.1, -0.05) is 25.7 Å². The van der Waals surface area contributed by atoms with Gasteiger partial charge >= 0.3 is 5.97 Å². The molecule has 7 heteroatoms. The lowest BCUT2D eigenvalue weighted by molar-refractivity contribution is 0.0601. The quantitative estimate of drug-likeness (QED) is 0.420. The maximum atomic E-state index is 11.9. The Morgan fingerprint density at radius 3 is 2.69 bits per heavy atom. The van der Waals surface area contributed by atoms with Gasteiger partial charge in [-0.05, 0) is 30.7 Å². The molecule has 0 unspecified atom stereocenters. The van der Waals surface area contributed by atoms with Crippen molar-refractivity contribution in [2.75, 3.05) is 13.7 Å². The number of rotatable bonds is 7. The molecule has 0 N–H and O–H groups in total. The van der Waals surface area contributed by atoms with Crippen LogP contribution in [0.2, 0.25) is 25.7 Å². The lowest BCUT2D eigenvalue weighted by Crippen LogP contribution is -2.22. The number of aryl methyl sites for hydroxylation is 1. The van der Waals surface area contributed by atoms with E-state index in [1.165, 1.54) is 13.3 Å². The number of aromatic nitrogens is 2. The van der Waals surface area contributed by atoms with E-state index < -0.39 is 14.0 Å². The molecule has 0 aliphatic carbocycles. The van der Waals surface area contributed by atoms with Crippen LogP contribution in [0.15, 0.2) is 24.4 Å². The van der Waals surface area contributed by atoms with Gasteiger partial charge in [0.2, 0.25) is 0 Å². The number of hydrogen-bond acceptors (Lipinski definition) is 5. The first-order valence-electron chi connectivity index (χ1n) is 8.50. The van der Waals surface area contributed by atoms with Crippen LogP contribution in [0.1, 0.15) is 21.5 Å². The van der Waals surface area contributed by atoms with Crippen LogP contribution in [0, 0.1) is 18.3 Å². The van der Waals surface area contributed by atoms with Gasteiger partial charge in [0.1, 0.15) is 12.8 Å². The van der Waals surface area contributed by atoms with Gasteiger partial charge < -0.3 is 9.47 Å². The second-order valence-corrected chi connectivity index (χ2v) is 13.0. The monoisotopic (exact) mass is 371 g/mol. The van der Waals surface area contributed by atoms with Gasteiger partial charge in [-0.25, -0.2) is 9.48 Å². The molecule has 0 atom stereocenters. The summed E-state index contributed by atoms with van der Waals surface area (Å²) >= 11 is 0. The van der Waals surface area contributed by atoms with Crippen molar-refractivity contribution in [3.8, 4) is 17.3 Å². The van der Waals surface area contributed by atoms with Crippen molar-refractivity contribution in [3.63, 3.8) is 0 Å². The van der Waals surface area contributed by atoms with E-state index in [1.807, 2.05) is 13.0 Å². The summed E-state index contributed by atoms with van der Waals surface area (Å²) in [6.45, 7) is 9.75. The van der Waals surface area contributed by atoms with E-state index in [0.717, 1.165) is 17.2 Å². The average molecular weight is 372 g/mol. The van der Waals surface area contributed by atoms with E-state index in [-0.39, 0.29) is 6.73 Å². The standard InChI is InChI=1S/C19H25N3O3Si/c1-14-6-7-15(19(23)24-2)10-17(14)18-16(11-20)12-21-22(18)13-25-8-9-26(3,4)5/h6-7,10,12H,8-9,13H2,1-5H3. The van der Waals surface area contributed by atoms with Gasteiger partial charge in [-0.15, -0.1) is 0 Å². The minimum atomic E-state index is -1.17. The first-order valence-corrected chi connectivity index (χ1v) is 12.2. The Hall–Kier alpha value is -2.43. The highest BCUT2D eigenvalue weighted by Crippen LogP contribution is 2.28. The number of benzene rings is 1. The average Bonchev–Trinajstić information content (AvgIpc) is 3.00. The molecule has 0 saturated heterocycles. The molecule has 0 radical (unpaired) electrons. The largest absolute Gasteiger partial charge is 0.465 e. The molecule has 6 nitrogen and oxygen atoms in total. The first-order chi connectivity index (χ1) is 12.3. The van der Waals surface area contributed by atoms with Crippen molar-refractivity contribution < 1.29 is 14.3 Å². The molecule has 2 aromatic rings. The number of hydrogen-bond donors (Lipinski definition) is 0. The lowest BCUT2D eigenvalue weighted by Gasteiger charge is -2.16. The lowest BCUT2D eigenvalue weighted by atomic mass is 10.00. The van der Waals surface area contributed by atoms with Gasteiger partial charge in [0.25, 0.3) is 0 Å². The summed E-state index contributed by atoms with van der Waals surface area (Å²) in [7, 11) is 0.180. The molecule has 1 heterocycles. The fourth-order valence-electron chi connectivity index (χ4n) is 2.50. The van der Waals surface area contributed by atoms with Crippen LogP contribution in [0.25, 0.3) is 11.3 Å². The van der Waals surface area contributed by atoms with Crippen LogP contribution < -0.4 is 0 Å². The molecule has 26 heavy (non-hydrogen) atoms. The highest BCUT2D eigenvalue weighted by atomic mass is 28.3. The van der Waals surface area contributed by atoms with Crippen molar-refractivity contribution in [1.29, 1.82) is 5.26 Å². The zero-order chi connectivity index (χ0) is 19.3. The number of carbonyl (C=O) groups is 1. The van der Waals surface area contributed by atoms with Crippen LogP contribution in [-0.4, -0.2) is 37.5 Å². The third kappa shape index (κ3) is 4.81. The van der Waals surface area contributed by atoms with Crippen LogP contribution >= 0.6 is 0 Å².